The number of carbonyl (C=O) groups is 1. The summed E-state index contributed by atoms with van der Waals surface area (Å²) < 4.78 is 3.76. The molecule has 1 unspecified atom stereocenters. The van der Waals surface area contributed by atoms with E-state index in [0.717, 1.165) is 35.5 Å². The molecule has 210 valence electrons. The number of likely N-dealkylation sites (tertiary alicyclic amines) is 1. The predicted molar refractivity (Wildman–Crippen MR) is 151 cm³/mol. The van der Waals surface area contributed by atoms with Crippen molar-refractivity contribution in [3.8, 4) is 0 Å². The van der Waals surface area contributed by atoms with E-state index in [1.54, 1.807) is 30.3 Å². The lowest BCUT2D eigenvalue weighted by atomic mass is 9.69. The number of nitro benzene ring substituents is 1. The smallest absolute Gasteiger partial charge is 0.269 e. The highest BCUT2D eigenvalue weighted by Crippen LogP contribution is 2.48. The second-order valence-corrected chi connectivity index (χ2v) is 12.6. The number of carbonyl (C=O) groups excluding carboxylic acids is 1. The molecule has 7 heterocycles. The average molecular weight is 554 g/mol. The number of fused-ring (bicyclic) bond motifs is 12. The Kier molecular flexibility index (Phi) is 5.33. The first kappa shape index (κ1) is 24.6. The third-order valence-electron chi connectivity index (χ3n) is 10.3. The van der Waals surface area contributed by atoms with Crippen molar-refractivity contribution < 1.29 is 9.72 Å². The van der Waals surface area contributed by atoms with Gasteiger partial charge in [0.1, 0.15) is 0 Å². The lowest BCUT2D eigenvalue weighted by Gasteiger charge is -2.55. The fourth-order valence-electron chi connectivity index (χ4n) is 8.75. The number of benzene rings is 1. The Bertz CT molecular complexity index is 1730. The maximum absolute atomic E-state index is 14.5. The normalized spacial score (nSPS) is 29.1. The molecule has 3 aromatic rings. The van der Waals surface area contributed by atoms with Crippen molar-refractivity contribution in [2.24, 2.45) is 17.8 Å². The molecule has 5 aliphatic rings. The van der Waals surface area contributed by atoms with Crippen LogP contribution < -0.4 is 16.0 Å². The molecule has 0 saturated carbocycles. The second-order valence-electron chi connectivity index (χ2n) is 12.6. The van der Waals surface area contributed by atoms with Gasteiger partial charge in [-0.05, 0) is 54.9 Å². The summed E-state index contributed by atoms with van der Waals surface area (Å²) in [5, 5.41) is 11.7. The van der Waals surface area contributed by atoms with Crippen LogP contribution in [0.2, 0.25) is 0 Å². The highest BCUT2D eigenvalue weighted by Gasteiger charge is 2.51. The molecule has 8 rings (SSSR count). The maximum atomic E-state index is 14.5. The van der Waals surface area contributed by atoms with Crippen molar-refractivity contribution in [3.05, 3.63) is 102 Å². The first-order valence-electron chi connectivity index (χ1n) is 14.6. The molecular formula is C31H31N5O5. The third kappa shape index (κ3) is 3.72. The Labute approximate surface area is 236 Å². The summed E-state index contributed by atoms with van der Waals surface area (Å²) in [4.78, 5) is 55.5. The molecule has 0 N–H and O–H groups in total. The summed E-state index contributed by atoms with van der Waals surface area (Å²) in [6, 6.07) is 15.8. The van der Waals surface area contributed by atoms with Gasteiger partial charge in [0.05, 0.1) is 10.8 Å². The molecule has 4 bridgehead atoms. The zero-order valence-corrected chi connectivity index (χ0v) is 22.6. The lowest BCUT2D eigenvalue weighted by molar-refractivity contribution is -0.384. The highest BCUT2D eigenvalue weighted by molar-refractivity contribution is 5.83. The summed E-state index contributed by atoms with van der Waals surface area (Å²) >= 11 is 0. The van der Waals surface area contributed by atoms with Crippen LogP contribution >= 0.6 is 0 Å². The minimum Gasteiger partial charge on any atom is -0.366 e. The van der Waals surface area contributed by atoms with Gasteiger partial charge < -0.3 is 18.9 Å². The molecule has 6 atom stereocenters. The van der Waals surface area contributed by atoms with Crippen LogP contribution in [0.4, 0.5) is 11.4 Å². The molecular weight excluding hydrogens is 522 g/mol. The quantitative estimate of drug-likeness (QED) is 0.357. The van der Waals surface area contributed by atoms with Crippen LogP contribution in [0.5, 0.6) is 0 Å². The van der Waals surface area contributed by atoms with Gasteiger partial charge in [0, 0.05) is 91.9 Å². The monoisotopic (exact) mass is 553 g/mol. The summed E-state index contributed by atoms with van der Waals surface area (Å²) in [5.74, 6) is 0.317. The van der Waals surface area contributed by atoms with Gasteiger partial charge in [-0.15, -0.1) is 0 Å². The van der Waals surface area contributed by atoms with E-state index in [2.05, 4.69) is 4.90 Å². The van der Waals surface area contributed by atoms with Crippen LogP contribution in [0.25, 0.3) is 0 Å². The minimum absolute atomic E-state index is 0.00174. The molecule has 1 amide bonds. The van der Waals surface area contributed by atoms with E-state index in [0.29, 0.717) is 39.1 Å². The van der Waals surface area contributed by atoms with Gasteiger partial charge in [-0.3, -0.25) is 24.5 Å². The summed E-state index contributed by atoms with van der Waals surface area (Å²) in [7, 11) is 0. The van der Waals surface area contributed by atoms with Crippen molar-refractivity contribution in [3.63, 3.8) is 0 Å². The standard InChI is InChI=1S/C31H31N5O5/c37-28-5-1-3-25-20-9-18(14-33(25)28)13-32(15-20)31(39)24-12-19-11-23(36(40)41)7-8-27(19)35-16-21-10-22(30(24)35)17-34-26(21)4-2-6-29(34)38/h1-8,11,18,20-22,24,30H,9-10,12-17H2/t18-,20+,21+,22-,24-,30?/m1/s1. The van der Waals surface area contributed by atoms with Crippen LogP contribution in [0, 0.1) is 27.9 Å². The van der Waals surface area contributed by atoms with Crippen molar-refractivity contribution >= 4 is 17.3 Å². The third-order valence-corrected chi connectivity index (χ3v) is 10.3. The molecule has 10 heteroatoms. The SMILES string of the molecule is O=C([C@@H]1Cc2cc([N+](=O)[O-])ccc2N2C[C@@H]3C[C@H](Cn4c3cccc4=O)C12)N1C[C@H]2C[C@@H](C1)c1cccc(=O)n1C2. The number of rotatable bonds is 2. The van der Waals surface area contributed by atoms with Crippen LogP contribution in [0.1, 0.15) is 41.6 Å². The van der Waals surface area contributed by atoms with E-state index in [-0.39, 0.29) is 63.3 Å². The van der Waals surface area contributed by atoms with Gasteiger partial charge in [0.2, 0.25) is 5.91 Å². The molecule has 2 fully saturated rings. The molecule has 5 aliphatic heterocycles. The number of pyridine rings is 2. The van der Waals surface area contributed by atoms with Crippen LogP contribution in [-0.2, 0) is 24.3 Å². The van der Waals surface area contributed by atoms with Gasteiger partial charge in [-0.25, -0.2) is 0 Å². The number of aromatic nitrogens is 2. The molecule has 1 aromatic carbocycles. The summed E-state index contributed by atoms with van der Waals surface area (Å²) in [6.45, 7) is 3.03. The van der Waals surface area contributed by atoms with E-state index < -0.39 is 0 Å². The first-order valence-corrected chi connectivity index (χ1v) is 14.6. The molecule has 0 radical (unpaired) electrons. The molecule has 0 aliphatic carbocycles. The number of amides is 1. The van der Waals surface area contributed by atoms with E-state index in [1.807, 2.05) is 38.3 Å². The van der Waals surface area contributed by atoms with Crippen molar-refractivity contribution in [1.29, 1.82) is 0 Å². The van der Waals surface area contributed by atoms with Crippen LogP contribution in [0.3, 0.4) is 0 Å². The van der Waals surface area contributed by atoms with Gasteiger partial charge in [0.15, 0.2) is 0 Å². The molecule has 2 saturated heterocycles. The number of hydrogen-bond acceptors (Lipinski definition) is 6. The van der Waals surface area contributed by atoms with E-state index in [1.165, 1.54) is 0 Å². The van der Waals surface area contributed by atoms with Crippen LogP contribution in [-0.4, -0.2) is 50.5 Å². The zero-order chi connectivity index (χ0) is 28.0. The molecule has 41 heavy (non-hydrogen) atoms. The largest absolute Gasteiger partial charge is 0.366 e. The summed E-state index contributed by atoms with van der Waals surface area (Å²) in [6.07, 6.45) is 2.32. The highest BCUT2D eigenvalue weighted by atomic mass is 16.6. The molecule has 2 aromatic heterocycles. The number of nitro groups is 1. The van der Waals surface area contributed by atoms with E-state index in [4.69, 9.17) is 0 Å². The van der Waals surface area contributed by atoms with Crippen molar-refractivity contribution in [2.75, 3.05) is 24.5 Å². The maximum Gasteiger partial charge on any atom is 0.269 e. The Morgan fingerprint density at radius 1 is 0.829 bits per heavy atom. The van der Waals surface area contributed by atoms with E-state index >= 15 is 0 Å². The van der Waals surface area contributed by atoms with Crippen molar-refractivity contribution in [2.45, 2.75) is 50.2 Å². The Morgan fingerprint density at radius 2 is 1.54 bits per heavy atom. The van der Waals surface area contributed by atoms with Gasteiger partial charge in [-0.2, -0.15) is 0 Å². The minimum atomic E-state index is -0.373. The van der Waals surface area contributed by atoms with E-state index in [9.17, 15) is 24.5 Å². The Morgan fingerprint density at radius 3 is 2.27 bits per heavy atom. The summed E-state index contributed by atoms with van der Waals surface area (Å²) in [5.41, 5.74) is 3.89. The first-order chi connectivity index (χ1) is 19.9. The second kappa shape index (κ2) is 8.89. The number of non-ortho nitro benzene ring substituents is 1. The fourth-order valence-corrected chi connectivity index (χ4v) is 8.75. The average Bonchev–Trinajstić information content (AvgIpc) is 2.97. The molecule has 10 nitrogen and oxygen atoms in total. The van der Waals surface area contributed by atoms with Gasteiger partial charge in [0.25, 0.3) is 16.8 Å². The fraction of sp³-hybridized carbons (Fsp3) is 0.452. The predicted octanol–water partition coefficient (Wildman–Crippen LogP) is 2.73. The Hall–Kier alpha value is -4.21. The molecule has 0 spiro atoms. The Balaban J connectivity index is 1.18. The number of nitrogens with zero attached hydrogens (tertiary/aromatic N) is 5. The van der Waals surface area contributed by atoms with Gasteiger partial charge >= 0.3 is 0 Å². The number of anilines is 1. The topological polar surface area (TPSA) is 111 Å². The van der Waals surface area contributed by atoms with Crippen LogP contribution in [0.15, 0.2) is 64.2 Å². The number of piperidine rings is 2. The van der Waals surface area contributed by atoms with Gasteiger partial charge in [-0.1, -0.05) is 12.1 Å². The number of hydrogen-bond donors (Lipinski definition) is 0. The zero-order valence-electron chi connectivity index (χ0n) is 22.6. The lowest BCUT2D eigenvalue weighted by Crippen LogP contribution is -2.62. The van der Waals surface area contributed by atoms with Crippen molar-refractivity contribution in [1.82, 2.24) is 14.0 Å².